The number of ketones is 1. The summed E-state index contributed by atoms with van der Waals surface area (Å²) in [5, 5.41) is 11.3. The average molecular weight is 495 g/mol. The van der Waals surface area contributed by atoms with Crippen molar-refractivity contribution in [2.75, 3.05) is 40.4 Å². The first-order valence-corrected chi connectivity index (χ1v) is 12.5. The number of benzene rings is 2. The van der Waals surface area contributed by atoms with Crippen molar-refractivity contribution in [1.29, 1.82) is 0 Å². The van der Waals surface area contributed by atoms with Gasteiger partial charge in [0.15, 0.2) is 0 Å². The number of likely N-dealkylation sites (tertiary alicyclic amines) is 1. The smallest absolute Gasteiger partial charge is 0.295 e. The fourth-order valence-electron chi connectivity index (χ4n) is 4.10. The Balaban J connectivity index is 2.04. The molecule has 3 rings (SSSR count). The molecule has 0 aliphatic carbocycles. The molecule has 36 heavy (non-hydrogen) atoms. The van der Waals surface area contributed by atoms with E-state index in [1.165, 1.54) is 0 Å². The summed E-state index contributed by atoms with van der Waals surface area (Å²) in [6.07, 6.45) is 0.896. The molecule has 2 aromatic rings. The summed E-state index contributed by atoms with van der Waals surface area (Å²) in [5.41, 5.74) is 2.15. The average Bonchev–Trinajstić information content (AvgIpc) is 3.10. The van der Waals surface area contributed by atoms with E-state index in [-0.39, 0.29) is 11.3 Å². The van der Waals surface area contributed by atoms with E-state index >= 15 is 0 Å². The molecule has 0 saturated carbocycles. The van der Waals surface area contributed by atoms with Gasteiger partial charge in [0, 0.05) is 18.7 Å². The number of hydrogen-bond acceptors (Lipinski definition) is 6. The van der Waals surface area contributed by atoms with E-state index in [4.69, 9.17) is 9.47 Å². The van der Waals surface area contributed by atoms with Crippen molar-refractivity contribution in [3.8, 4) is 11.5 Å². The molecule has 0 radical (unpaired) electrons. The van der Waals surface area contributed by atoms with Crippen molar-refractivity contribution >= 4 is 17.4 Å². The van der Waals surface area contributed by atoms with Gasteiger partial charge in [-0.3, -0.25) is 9.59 Å². The van der Waals surface area contributed by atoms with Gasteiger partial charge in [0.25, 0.3) is 11.7 Å². The third-order valence-corrected chi connectivity index (χ3v) is 6.02. The molecule has 1 N–H and O–H groups in total. The van der Waals surface area contributed by atoms with Crippen LogP contribution >= 0.6 is 0 Å². The molecule has 1 saturated heterocycles. The summed E-state index contributed by atoms with van der Waals surface area (Å²) >= 11 is 0. The van der Waals surface area contributed by atoms with Crippen molar-refractivity contribution in [2.24, 2.45) is 5.92 Å². The zero-order valence-electron chi connectivity index (χ0n) is 22.2. The minimum atomic E-state index is -0.692. The van der Waals surface area contributed by atoms with Gasteiger partial charge in [-0.2, -0.15) is 0 Å². The van der Waals surface area contributed by atoms with Crippen LogP contribution in [0, 0.1) is 12.8 Å². The van der Waals surface area contributed by atoms with Crippen LogP contribution < -0.4 is 9.47 Å². The zero-order valence-corrected chi connectivity index (χ0v) is 22.2. The molecule has 0 spiro atoms. The van der Waals surface area contributed by atoms with Gasteiger partial charge < -0.3 is 24.4 Å². The number of aliphatic hydroxyl groups is 1. The van der Waals surface area contributed by atoms with Gasteiger partial charge in [0.2, 0.25) is 0 Å². The van der Waals surface area contributed by atoms with Crippen molar-refractivity contribution in [3.05, 3.63) is 64.7 Å². The highest BCUT2D eigenvalue weighted by Crippen LogP contribution is 2.40. The Morgan fingerprint density at radius 2 is 1.78 bits per heavy atom. The van der Waals surface area contributed by atoms with Gasteiger partial charge in [-0.15, -0.1) is 0 Å². The molecule has 0 bridgehead atoms. The van der Waals surface area contributed by atoms with Crippen LogP contribution in [0.25, 0.3) is 5.76 Å². The van der Waals surface area contributed by atoms with Gasteiger partial charge in [-0.1, -0.05) is 32.9 Å². The van der Waals surface area contributed by atoms with E-state index < -0.39 is 17.7 Å². The third-order valence-electron chi connectivity index (χ3n) is 6.02. The van der Waals surface area contributed by atoms with Gasteiger partial charge in [0.05, 0.1) is 24.8 Å². The fourth-order valence-corrected chi connectivity index (χ4v) is 4.10. The lowest BCUT2D eigenvalue weighted by Crippen LogP contribution is -2.35. The van der Waals surface area contributed by atoms with Gasteiger partial charge in [-0.05, 0) is 74.8 Å². The second-order valence-electron chi connectivity index (χ2n) is 9.90. The number of amides is 1. The topological polar surface area (TPSA) is 79.3 Å². The Morgan fingerprint density at radius 1 is 1.08 bits per heavy atom. The zero-order chi connectivity index (χ0) is 26.4. The maximum absolute atomic E-state index is 13.2. The molecule has 1 unspecified atom stereocenters. The number of likely N-dealkylation sites (N-methyl/N-ethyl adjacent to an activating group) is 1. The van der Waals surface area contributed by atoms with E-state index in [1.807, 2.05) is 57.1 Å². The van der Waals surface area contributed by atoms with Crippen molar-refractivity contribution in [1.82, 2.24) is 9.80 Å². The fraction of sp³-hybridized carbons (Fsp3) is 0.448. The number of aryl methyl sites for hydroxylation is 1. The summed E-state index contributed by atoms with van der Waals surface area (Å²) in [6, 6.07) is 12.0. The third kappa shape index (κ3) is 6.26. The molecule has 1 heterocycles. The lowest BCUT2D eigenvalue weighted by molar-refractivity contribution is -0.140. The molecule has 1 aliphatic rings. The van der Waals surface area contributed by atoms with E-state index in [0.717, 1.165) is 29.0 Å². The molecular formula is C29H38N2O5. The Labute approximate surface area is 214 Å². The normalized spacial score (nSPS) is 17.3. The van der Waals surface area contributed by atoms with Gasteiger partial charge in [-0.25, -0.2) is 0 Å². The highest BCUT2D eigenvalue weighted by molar-refractivity contribution is 6.46. The maximum Gasteiger partial charge on any atom is 0.295 e. The first kappa shape index (κ1) is 27.3. The standard InChI is InChI=1S/C29H38N2O5/c1-7-16-35-23-11-8-21(9-12-23)26-25(28(33)29(34)31(26)15-14-30(5)6)27(32)22-10-13-24(20(4)17-22)36-18-19(2)3/h8-13,17,19,26,32H,7,14-16,18H2,1-6H3/b27-25-. The number of hydrogen-bond donors (Lipinski definition) is 1. The molecule has 1 atom stereocenters. The summed E-state index contributed by atoms with van der Waals surface area (Å²) in [5.74, 6) is 0.359. The van der Waals surface area contributed by atoms with Crippen LogP contribution in [-0.4, -0.2) is 67.0 Å². The highest BCUT2D eigenvalue weighted by Gasteiger charge is 2.45. The molecule has 1 aliphatic heterocycles. The summed E-state index contributed by atoms with van der Waals surface area (Å²) < 4.78 is 11.6. The Bertz CT molecular complexity index is 1110. The van der Waals surface area contributed by atoms with Crippen molar-refractivity contribution < 1.29 is 24.2 Å². The SMILES string of the molecule is CCCOc1ccc(C2/C(=C(/O)c3ccc(OCC(C)C)c(C)c3)C(=O)C(=O)N2CCN(C)C)cc1. The quantitative estimate of drug-likeness (QED) is 0.275. The van der Waals surface area contributed by atoms with Crippen LogP contribution in [0.2, 0.25) is 0 Å². The predicted octanol–water partition coefficient (Wildman–Crippen LogP) is 4.80. The van der Waals surface area contributed by atoms with Crippen molar-refractivity contribution in [2.45, 2.75) is 40.2 Å². The molecular weight excluding hydrogens is 456 g/mol. The lowest BCUT2D eigenvalue weighted by Gasteiger charge is -2.26. The molecule has 7 heteroatoms. The van der Waals surface area contributed by atoms with Crippen LogP contribution in [0.5, 0.6) is 11.5 Å². The lowest BCUT2D eigenvalue weighted by atomic mass is 9.94. The second-order valence-corrected chi connectivity index (χ2v) is 9.90. The first-order valence-electron chi connectivity index (χ1n) is 12.5. The van der Waals surface area contributed by atoms with Gasteiger partial charge >= 0.3 is 0 Å². The number of ether oxygens (including phenoxy) is 2. The summed E-state index contributed by atoms with van der Waals surface area (Å²) in [6.45, 7) is 10.2. The molecule has 7 nitrogen and oxygen atoms in total. The minimum absolute atomic E-state index is 0.0937. The number of rotatable bonds is 11. The monoisotopic (exact) mass is 494 g/mol. The Kier molecular flexibility index (Phi) is 9.15. The number of carbonyl (C=O) groups excluding carboxylic acids is 2. The van der Waals surface area contributed by atoms with Crippen LogP contribution in [0.1, 0.15) is 49.9 Å². The van der Waals surface area contributed by atoms with E-state index in [0.29, 0.717) is 37.8 Å². The molecule has 1 amide bonds. The first-order chi connectivity index (χ1) is 17.1. The number of carbonyl (C=O) groups is 2. The van der Waals surface area contributed by atoms with E-state index in [2.05, 4.69) is 13.8 Å². The molecule has 2 aromatic carbocycles. The van der Waals surface area contributed by atoms with E-state index in [1.54, 1.807) is 23.1 Å². The molecule has 0 aromatic heterocycles. The molecule has 1 fully saturated rings. The maximum atomic E-state index is 13.2. The molecule has 194 valence electrons. The Hall–Kier alpha value is -3.32. The summed E-state index contributed by atoms with van der Waals surface area (Å²) in [7, 11) is 3.83. The second kappa shape index (κ2) is 12.1. The number of nitrogens with zero attached hydrogens (tertiary/aromatic N) is 2. The van der Waals surface area contributed by atoms with Crippen LogP contribution in [-0.2, 0) is 9.59 Å². The predicted molar refractivity (Wildman–Crippen MR) is 141 cm³/mol. The van der Waals surface area contributed by atoms with Crippen LogP contribution in [0.4, 0.5) is 0 Å². The Morgan fingerprint density at radius 3 is 2.36 bits per heavy atom. The summed E-state index contributed by atoms with van der Waals surface area (Å²) in [4.78, 5) is 29.8. The van der Waals surface area contributed by atoms with Crippen LogP contribution in [0.3, 0.4) is 0 Å². The minimum Gasteiger partial charge on any atom is -0.507 e. The number of Topliss-reactive ketones (excluding diaryl/α,β-unsaturated/α-hetero) is 1. The number of aliphatic hydroxyl groups excluding tert-OH is 1. The highest BCUT2D eigenvalue weighted by atomic mass is 16.5. The van der Waals surface area contributed by atoms with Gasteiger partial charge in [0.1, 0.15) is 17.3 Å². The van der Waals surface area contributed by atoms with Crippen molar-refractivity contribution in [3.63, 3.8) is 0 Å². The largest absolute Gasteiger partial charge is 0.507 e. The van der Waals surface area contributed by atoms with E-state index in [9.17, 15) is 14.7 Å². The van der Waals surface area contributed by atoms with Crippen LogP contribution in [0.15, 0.2) is 48.0 Å².